The Morgan fingerprint density at radius 2 is 2.17 bits per heavy atom. The van der Waals surface area contributed by atoms with Crippen LogP contribution in [0.5, 0.6) is 0 Å². The Kier molecular flexibility index (Phi) is 2.66. The van der Waals surface area contributed by atoms with Gasteiger partial charge in [0.05, 0.1) is 6.61 Å². The highest BCUT2D eigenvalue weighted by Crippen LogP contribution is 2.22. The highest BCUT2D eigenvalue weighted by atomic mass is 16.5. The lowest BCUT2D eigenvalue weighted by Crippen LogP contribution is -2.45. The van der Waals surface area contributed by atoms with Crippen LogP contribution >= 0.6 is 0 Å². The number of piperidine rings is 1. The first kappa shape index (κ1) is 8.52. The molecule has 2 aliphatic heterocycles. The van der Waals surface area contributed by atoms with Gasteiger partial charge in [0, 0.05) is 18.7 Å². The molecular weight excluding hydrogens is 150 g/mol. The Labute approximate surface area is 74.9 Å². The molecule has 2 heterocycles. The van der Waals surface area contributed by atoms with Crippen molar-refractivity contribution in [2.24, 2.45) is 0 Å². The van der Waals surface area contributed by atoms with Gasteiger partial charge in [-0.05, 0) is 32.7 Å². The summed E-state index contributed by atoms with van der Waals surface area (Å²) in [6.45, 7) is 5.62. The van der Waals surface area contributed by atoms with Crippen molar-refractivity contribution in [1.82, 2.24) is 4.90 Å². The highest BCUT2D eigenvalue weighted by Gasteiger charge is 2.28. The van der Waals surface area contributed by atoms with Gasteiger partial charge in [-0.3, -0.25) is 4.90 Å². The van der Waals surface area contributed by atoms with E-state index < -0.39 is 0 Å². The topological polar surface area (TPSA) is 12.5 Å². The summed E-state index contributed by atoms with van der Waals surface area (Å²) < 4.78 is 5.42. The van der Waals surface area contributed by atoms with Crippen LogP contribution in [0.25, 0.3) is 0 Å². The number of nitrogens with zero attached hydrogens (tertiary/aromatic N) is 1. The monoisotopic (exact) mass is 169 g/mol. The van der Waals surface area contributed by atoms with Crippen molar-refractivity contribution in [2.45, 2.75) is 44.7 Å². The molecule has 2 fully saturated rings. The van der Waals surface area contributed by atoms with Gasteiger partial charge in [-0.25, -0.2) is 0 Å². The van der Waals surface area contributed by atoms with E-state index in [1.165, 1.54) is 32.2 Å². The minimum atomic E-state index is 0.736. The first-order valence-corrected chi connectivity index (χ1v) is 5.21. The molecule has 2 aliphatic rings. The maximum Gasteiger partial charge on any atom is 0.0622 e. The van der Waals surface area contributed by atoms with Crippen LogP contribution in [0.3, 0.4) is 0 Å². The molecule has 0 radical (unpaired) electrons. The summed E-state index contributed by atoms with van der Waals surface area (Å²) in [6.07, 6.45) is 5.45. The standard InChI is InChI=1S/C10H19NO/c1-9-4-2-3-6-11(9)10-5-7-12-8-10/h9-10H,2-8H2,1H3/t9-,10+/m1/s1. The summed E-state index contributed by atoms with van der Waals surface area (Å²) in [5.74, 6) is 0. The summed E-state index contributed by atoms with van der Waals surface area (Å²) in [4.78, 5) is 2.65. The van der Waals surface area contributed by atoms with Gasteiger partial charge in [0.15, 0.2) is 0 Å². The van der Waals surface area contributed by atoms with Crippen LogP contribution in [-0.2, 0) is 4.74 Å². The summed E-state index contributed by atoms with van der Waals surface area (Å²) in [5, 5.41) is 0. The fraction of sp³-hybridized carbons (Fsp3) is 1.00. The van der Waals surface area contributed by atoms with E-state index in [4.69, 9.17) is 4.74 Å². The Morgan fingerprint density at radius 1 is 1.25 bits per heavy atom. The van der Waals surface area contributed by atoms with Crippen molar-refractivity contribution in [3.05, 3.63) is 0 Å². The first-order valence-electron chi connectivity index (χ1n) is 5.21. The maximum absolute atomic E-state index is 5.42. The van der Waals surface area contributed by atoms with Crippen LogP contribution in [0.2, 0.25) is 0 Å². The van der Waals surface area contributed by atoms with Crippen molar-refractivity contribution in [3.8, 4) is 0 Å². The molecule has 70 valence electrons. The minimum Gasteiger partial charge on any atom is -0.380 e. The van der Waals surface area contributed by atoms with E-state index in [1.54, 1.807) is 0 Å². The third-order valence-corrected chi connectivity index (χ3v) is 3.23. The zero-order chi connectivity index (χ0) is 8.39. The van der Waals surface area contributed by atoms with Crippen molar-refractivity contribution >= 4 is 0 Å². The Morgan fingerprint density at radius 3 is 2.83 bits per heavy atom. The van der Waals surface area contributed by atoms with Crippen LogP contribution < -0.4 is 0 Å². The van der Waals surface area contributed by atoms with Crippen molar-refractivity contribution < 1.29 is 4.74 Å². The van der Waals surface area contributed by atoms with Gasteiger partial charge >= 0.3 is 0 Å². The smallest absolute Gasteiger partial charge is 0.0622 e. The van der Waals surface area contributed by atoms with Crippen molar-refractivity contribution in [3.63, 3.8) is 0 Å². The average molecular weight is 169 g/mol. The van der Waals surface area contributed by atoms with Gasteiger partial charge in [0.25, 0.3) is 0 Å². The number of hydrogen-bond acceptors (Lipinski definition) is 2. The second-order valence-electron chi connectivity index (χ2n) is 4.10. The van der Waals surface area contributed by atoms with Gasteiger partial charge in [-0.1, -0.05) is 6.42 Å². The molecule has 0 aromatic heterocycles. The molecule has 12 heavy (non-hydrogen) atoms. The Balaban J connectivity index is 1.91. The zero-order valence-electron chi connectivity index (χ0n) is 7.96. The van der Waals surface area contributed by atoms with E-state index >= 15 is 0 Å². The van der Waals surface area contributed by atoms with Crippen LogP contribution in [-0.4, -0.2) is 36.7 Å². The molecule has 2 heteroatoms. The van der Waals surface area contributed by atoms with E-state index in [0.29, 0.717) is 0 Å². The van der Waals surface area contributed by atoms with E-state index in [2.05, 4.69) is 11.8 Å². The molecule has 2 atom stereocenters. The highest BCUT2D eigenvalue weighted by molar-refractivity contribution is 4.82. The molecule has 0 spiro atoms. The van der Waals surface area contributed by atoms with E-state index in [-0.39, 0.29) is 0 Å². The summed E-state index contributed by atoms with van der Waals surface area (Å²) in [7, 11) is 0. The molecule has 0 N–H and O–H groups in total. The predicted molar refractivity (Wildman–Crippen MR) is 49.2 cm³/mol. The fourth-order valence-electron chi connectivity index (χ4n) is 2.45. The molecule has 0 aromatic rings. The van der Waals surface area contributed by atoms with E-state index in [1.807, 2.05) is 0 Å². The molecule has 0 bridgehead atoms. The van der Waals surface area contributed by atoms with Crippen LogP contribution in [0.15, 0.2) is 0 Å². The predicted octanol–water partition coefficient (Wildman–Crippen LogP) is 1.65. The summed E-state index contributed by atoms with van der Waals surface area (Å²) in [5.41, 5.74) is 0. The van der Waals surface area contributed by atoms with Gasteiger partial charge in [0.2, 0.25) is 0 Å². The number of rotatable bonds is 1. The second-order valence-corrected chi connectivity index (χ2v) is 4.10. The third-order valence-electron chi connectivity index (χ3n) is 3.23. The SMILES string of the molecule is C[C@@H]1CCCCN1[C@H]1CCOC1. The molecule has 0 unspecified atom stereocenters. The second kappa shape index (κ2) is 3.75. The maximum atomic E-state index is 5.42. The van der Waals surface area contributed by atoms with Gasteiger partial charge in [-0.2, -0.15) is 0 Å². The zero-order valence-corrected chi connectivity index (χ0v) is 7.96. The van der Waals surface area contributed by atoms with Gasteiger partial charge in [-0.15, -0.1) is 0 Å². The van der Waals surface area contributed by atoms with E-state index in [0.717, 1.165) is 25.3 Å². The molecule has 0 amide bonds. The summed E-state index contributed by atoms with van der Waals surface area (Å²) in [6, 6.07) is 1.53. The number of hydrogen-bond donors (Lipinski definition) is 0. The van der Waals surface area contributed by atoms with Gasteiger partial charge in [0.1, 0.15) is 0 Å². The first-order chi connectivity index (χ1) is 5.88. The minimum absolute atomic E-state index is 0.736. The van der Waals surface area contributed by atoms with Crippen LogP contribution in [0, 0.1) is 0 Å². The largest absolute Gasteiger partial charge is 0.380 e. The molecule has 2 nitrogen and oxygen atoms in total. The molecule has 2 rings (SSSR count). The third kappa shape index (κ3) is 1.64. The molecule has 0 aromatic carbocycles. The number of ether oxygens (including phenoxy) is 1. The van der Waals surface area contributed by atoms with Crippen LogP contribution in [0.4, 0.5) is 0 Å². The lowest BCUT2D eigenvalue weighted by molar-refractivity contribution is 0.0889. The Bertz CT molecular complexity index is 143. The van der Waals surface area contributed by atoms with Gasteiger partial charge < -0.3 is 4.74 Å². The van der Waals surface area contributed by atoms with Crippen molar-refractivity contribution in [2.75, 3.05) is 19.8 Å². The molecule has 2 saturated heterocycles. The average Bonchev–Trinajstić information content (AvgIpc) is 2.57. The fourth-order valence-corrected chi connectivity index (χ4v) is 2.45. The normalized spacial score (nSPS) is 38.8. The molecule has 0 aliphatic carbocycles. The lowest BCUT2D eigenvalue weighted by atomic mass is 10.0. The lowest BCUT2D eigenvalue weighted by Gasteiger charge is -2.37. The Hall–Kier alpha value is -0.0800. The van der Waals surface area contributed by atoms with Crippen LogP contribution in [0.1, 0.15) is 32.6 Å². The van der Waals surface area contributed by atoms with Crippen molar-refractivity contribution in [1.29, 1.82) is 0 Å². The number of likely N-dealkylation sites (tertiary alicyclic amines) is 1. The van der Waals surface area contributed by atoms with E-state index in [9.17, 15) is 0 Å². The summed E-state index contributed by atoms with van der Waals surface area (Å²) >= 11 is 0. The molecule has 0 saturated carbocycles. The quantitative estimate of drug-likeness (QED) is 0.592. The molecular formula is C10H19NO.